The van der Waals surface area contributed by atoms with E-state index in [9.17, 15) is 0 Å². The molecule has 1 N–H and O–H groups in total. The molecule has 2 unspecified atom stereocenters. The summed E-state index contributed by atoms with van der Waals surface area (Å²) in [6, 6.07) is 10.1. The summed E-state index contributed by atoms with van der Waals surface area (Å²) in [5, 5.41) is 3.63. The van der Waals surface area contributed by atoms with E-state index < -0.39 is 0 Å². The van der Waals surface area contributed by atoms with Crippen LogP contribution in [0.4, 0.5) is 5.69 Å². The molecule has 112 valence electrons. The van der Waals surface area contributed by atoms with Gasteiger partial charge < -0.3 is 10.2 Å². The molecule has 0 bridgehead atoms. The van der Waals surface area contributed by atoms with Crippen LogP contribution in [0, 0.1) is 5.92 Å². The van der Waals surface area contributed by atoms with Gasteiger partial charge in [0.25, 0.3) is 0 Å². The van der Waals surface area contributed by atoms with Gasteiger partial charge in [0, 0.05) is 30.9 Å². The molecule has 2 nitrogen and oxygen atoms in total. The van der Waals surface area contributed by atoms with Crippen molar-refractivity contribution in [3.8, 4) is 0 Å². The summed E-state index contributed by atoms with van der Waals surface area (Å²) < 4.78 is 0. The number of hydrogen-bond acceptors (Lipinski definition) is 2. The van der Waals surface area contributed by atoms with E-state index in [1.54, 1.807) is 0 Å². The van der Waals surface area contributed by atoms with Gasteiger partial charge in [-0.05, 0) is 30.4 Å². The Hall–Kier alpha value is -1.02. The molecule has 0 aromatic heterocycles. The minimum Gasteiger partial charge on any atom is -0.367 e. The molecule has 2 rings (SSSR count). The van der Waals surface area contributed by atoms with Crippen LogP contribution in [-0.4, -0.2) is 25.2 Å². The van der Waals surface area contributed by atoms with Gasteiger partial charge in [-0.15, -0.1) is 0 Å². The molecule has 20 heavy (non-hydrogen) atoms. The van der Waals surface area contributed by atoms with Crippen LogP contribution < -0.4 is 10.2 Å². The van der Waals surface area contributed by atoms with Crippen molar-refractivity contribution in [3.63, 3.8) is 0 Å². The summed E-state index contributed by atoms with van der Waals surface area (Å²) in [6.45, 7) is 11.4. The number of nitrogens with zero attached hydrogens (tertiary/aromatic N) is 1. The number of para-hydroxylation sites is 1. The quantitative estimate of drug-likeness (QED) is 0.847. The number of nitrogens with one attached hydrogen (secondary N) is 1. The molecular formula is C18H30N2. The molecule has 1 aromatic rings. The van der Waals surface area contributed by atoms with Crippen molar-refractivity contribution in [2.45, 2.75) is 59.0 Å². The van der Waals surface area contributed by atoms with Crippen molar-refractivity contribution >= 4 is 5.69 Å². The zero-order valence-electron chi connectivity index (χ0n) is 13.5. The summed E-state index contributed by atoms with van der Waals surface area (Å²) in [6.07, 6.45) is 3.74. The van der Waals surface area contributed by atoms with Gasteiger partial charge >= 0.3 is 0 Å². The Morgan fingerprint density at radius 2 is 2.05 bits per heavy atom. The van der Waals surface area contributed by atoms with Crippen molar-refractivity contribution < 1.29 is 0 Å². The van der Waals surface area contributed by atoms with Crippen molar-refractivity contribution in [2.75, 3.05) is 18.0 Å². The van der Waals surface area contributed by atoms with Gasteiger partial charge in [0.05, 0.1) is 0 Å². The van der Waals surface area contributed by atoms with Crippen LogP contribution in [0.2, 0.25) is 0 Å². The fourth-order valence-electron chi connectivity index (χ4n) is 3.26. The molecule has 0 amide bonds. The predicted octanol–water partition coefficient (Wildman–Crippen LogP) is 3.85. The first-order valence-electron chi connectivity index (χ1n) is 8.19. The highest BCUT2D eigenvalue weighted by Crippen LogP contribution is 2.31. The Morgan fingerprint density at radius 3 is 2.75 bits per heavy atom. The molecule has 2 atom stereocenters. The molecule has 0 saturated heterocycles. The third kappa shape index (κ3) is 3.76. The Balaban J connectivity index is 2.19. The van der Waals surface area contributed by atoms with Crippen LogP contribution in [0.1, 0.15) is 46.1 Å². The van der Waals surface area contributed by atoms with Gasteiger partial charge in [-0.25, -0.2) is 0 Å². The van der Waals surface area contributed by atoms with E-state index in [0.717, 1.165) is 12.5 Å². The van der Waals surface area contributed by atoms with E-state index in [2.05, 4.69) is 62.2 Å². The predicted molar refractivity (Wildman–Crippen MR) is 88.5 cm³/mol. The Morgan fingerprint density at radius 1 is 1.30 bits per heavy atom. The second kappa shape index (κ2) is 7.12. The fourth-order valence-corrected chi connectivity index (χ4v) is 3.26. The molecule has 1 heterocycles. The molecule has 1 aromatic carbocycles. The van der Waals surface area contributed by atoms with Gasteiger partial charge in [0.15, 0.2) is 0 Å². The highest BCUT2D eigenvalue weighted by Gasteiger charge is 2.26. The van der Waals surface area contributed by atoms with Crippen molar-refractivity contribution in [1.29, 1.82) is 0 Å². The Kier molecular flexibility index (Phi) is 5.47. The first-order chi connectivity index (χ1) is 9.61. The molecule has 0 radical (unpaired) electrons. The van der Waals surface area contributed by atoms with E-state index in [1.807, 2.05) is 0 Å². The number of anilines is 1. The summed E-state index contributed by atoms with van der Waals surface area (Å²) >= 11 is 0. The molecule has 1 aliphatic heterocycles. The second-order valence-electron chi connectivity index (χ2n) is 6.60. The monoisotopic (exact) mass is 274 g/mol. The molecule has 0 saturated carbocycles. The largest absolute Gasteiger partial charge is 0.367 e. The average Bonchev–Trinajstić information content (AvgIpc) is 2.42. The lowest BCUT2D eigenvalue weighted by Crippen LogP contribution is -2.48. The van der Waals surface area contributed by atoms with Crippen LogP contribution in [0.15, 0.2) is 24.3 Å². The summed E-state index contributed by atoms with van der Waals surface area (Å²) in [7, 11) is 0. The van der Waals surface area contributed by atoms with Gasteiger partial charge in [-0.3, -0.25) is 0 Å². The molecule has 0 spiro atoms. The van der Waals surface area contributed by atoms with E-state index in [0.29, 0.717) is 12.1 Å². The first-order valence-corrected chi connectivity index (χ1v) is 8.19. The number of hydrogen-bond donors (Lipinski definition) is 1. The lowest BCUT2D eigenvalue weighted by Gasteiger charge is -2.41. The topological polar surface area (TPSA) is 15.3 Å². The highest BCUT2D eigenvalue weighted by molar-refractivity contribution is 5.56. The number of benzene rings is 1. The summed E-state index contributed by atoms with van der Waals surface area (Å²) in [4.78, 5) is 2.66. The van der Waals surface area contributed by atoms with Crippen LogP contribution in [-0.2, 0) is 6.42 Å². The molecule has 2 heteroatoms. The highest BCUT2D eigenvalue weighted by atomic mass is 15.2. The average molecular weight is 274 g/mol. The Bertz CT molecular complexity index is 414. The SMILES string of the molecule is CCCC(CNC(C)C)N1CC(C)Cc2ccccc21. The summed E-state index contributed by atoms with van der Waals surface area (Å²) in [5.74, 6) is 0.753. The van der Waals surface area contributed by atoms with Crippen molar-refractivity contribution in [3.05, 3.63) is 29.8 Å². The first kappa shape index (κ1) is 15.4. The third-order valence-corrected chi connectivity index (χ3v) is 4.20. The minimum absolute atomic E-state index is 0.562. The van der Waals surface area contributed by atoms with Gasteiger partial charge in [-0.1, -0.05) is 52.3 Å². The lowest BCUT2D eigenvalue weighted by molar-refractivity contribution is 0.429. The number of rotatable bonds is 6. The second-order valence-corrected chi connectivity index (χ2v) is 6.60. The van der Waals surface area contributed by atoms with E-state index in [-0.39, 0.29) is 0 Å². The molecular weight excluding hydrogens is 244 g/mol. The Labute approximate surface area is 124 Å². The van der Waals surface area contributed by atoms with Crippen LogP contribution in [0.25, 0.3) is 0 Å². The van der Waals surface area contributed by atoms with Crippen LogP contribution in [0.5, 0.6) is 0 Å². The van der Waals surface area contributed by atoms with Crippen LogP contribution >= 0.6 is 0 Å². The van der Waals surface area contributed by atoms with E-state index in [4.69, 9.17) is 0 Å². The standard InChI is InChI=1S/C18H30N2/c1-5-8-17(12-19-14(2)3)20-13-15(4)11-16-9-6-7-10-18(16)20/h6-7,9-10,14-15,17,19H,5,8,11-13H2,1-4H3. The summed E-state index contributed by atoms with van der Waals surface area (Å²) in [5.41, 5.74) is 2.99. The van der Waals surface area contributed by atoms with Crippen LogP contribution in [0.3, 0.4) is 0 Å². The van der Waals surface area contributed by atoms with Crippen molar-refractivity contribution in [2.24, 2.45) is 5.92 Å². The van der Waals surface area contributed by atoms with Gasteiger partial charge in [0.2, 0.25) is 0 Å². The zero-order chi connectivity index (χ0) is 14.5. The molecule has 1 aliphatic rings. The smallest absolute Gasteiger partial charge is 0.0414 e. The number of fused-ring (bicyclic) bond motifs is 1. The van der Waals surface area contributed by atoms with E-state index in [1.165, 1.54) is 37.1 Å². The van der Waals surface area contributed by atoms with Gasteiger partial charge in [0.1, 0.15) is 0 Å². The maximum Gasteiger partial charge on any atom is 0.0414 e. The minimum atomic E-state index is 0.562. The normalized spacial score (nSPS) is 20.1. The molecule has 0 aliphatic carbocycles. The van der Waals surface area contributed by atoms with Crippen molar-refractivity contribution in [1.82, 2.24) is 5.32 Å². The molecule has 0 fully saturated rings. The third-order valence-electron chi connectivity index (χ3n) is 4.20. The maximum absolute atomic E-state index is 3.63. The fraction of sp³-hybridized carbons (Fsp3) is 0.667. The zero-order valence-corrected chi connectivity index (χ0v) is 13.5. The van der Waals surface area contributed by atoms with E-state index >= 15 is 0 Å². The maximum atomic E-state index is 3.63. The van der Waals surface area contributed by atoms with Gasteiger partial charge in [-0.2, -0.15) is 0 Å². The lowest BCUT2D eigenvalue weighted by atomic mass is 9.92.